The average molecular weight is 300 g/mol. The molecular formula is C15H19F3N2O. The maximum Gasteiger partial charge on any atom is 0.401 e. The number of ether oxygens (including phenoxy) is 1. The molecule has 0 amide bonds. The molecule has 2 atom stereocenters. The summed E-state index contributed by atoms with van der Waals surface area (Å²) in [4.78, 5) is 1.55. The van der Waals surface area contributed by atoms with E-state index in [0.717, 1.165) is 24.0 Å². The largest absolute Gasteiger partial charge is 0.497 e. The molecule has 2 aliphatic rings. The summed E-state index contributed by atoms with van der Waals surface area (Å²) in [6.45, 7) is -0.874. The van der Waals surface area contributed by atoms with E-state index in [1.54, 1.807) is 12.0 Å². The fraction of sp³-hybridized carbons (Fsp3) is 0.600. The van der Waals surface area contributed by atoms with Gasteiger partial charge in [-0.25, -0.2) is 0 Å². The van der Waals surface area contributed by atoms with Gasteiger partial charge in [-0.05, 0) is 42.5 Å². The van der Waals surface area contributed by atoms with Crippen LogP contribution in [0.5, 0.6) is 5.75 Å². The van der Waals surface area contributed by atoms with Crippen LogP contribution < -0.4 is 10.5 Å². The molecule has 21 heavy (non-hydrogen) atoms. The fourth-order valence-corrected chi connectivity index (χ4v) is 3.21. The minimum absolute atomic E-state index is 0.0267. The van der Waals surface area contributed by atoms with Crippen molar-refractivity contribution in [1.82, 2.24) is 4.90 Å². The number of alkyl halides is 3. The lowest BCUT2D eigenvalue weighted by Crippen LogP contribution is -2.47. The van der Waals surface area contributed by atoms with Gasteiger partial charge in [-0.1, -0.05) is 6.07 Å². The minimum Gasteiger partial charge on any atom is -0.497 e. The first-order valence-corrected chi connectivity index (χ1v) is 7.14. The zero-order chi connectivity index (χ0) is 15.2. The van der Waals surface area contributed by atoms with Crippen molar-refractivity contribution in [2.75, 3.05) is 13.7 Å². The van der Waals surface area contributed by atoms with Gasteiger partial charge in [-0.3, -0.25) is 4.90 Å². The van der Waals surface area contributed by atoms with Gasteiger partial charge >= 0.3 is 6.18 Å². The van der Waals surface area contributed by atoms with Crippen LogP contribution in [0, 0.1) is 0 Å². The summed E-state index contributed by atoms with van der Waals surface area (Å²) in [7, 11) is 1.57. The highest BCUT2D eigenvalue weighted by Crippen LogP contribution is 2.40. The monoisotopic (exact) mass is 300 g/mol. The van der Waals surface area contributed by atoms with Crippen LogP contribution in [-0.2, 0) is 6.42 Å². The quantitative estimate of drug-likeness (QED) is 0.929. The Morgan fingerprint density at radius 2 is 2.05 bits per heavy atom. The number of benzene rings is 1. The molecule has 6 heteroatoms. The lowest BCUT2D eigenvalue weighted by Gasteiger charge is -2.32. The Balaban J connectivity index is 1.83. The minimum atomic E-state index is -4.19. The van der Waals surface area contributed by atoms with Crippen LogP contribution in [0.3, 0.4) is 0 Å². The molecule has 0 aliphatic heterocycles. The summed E-state index contributed by atoms with van der Waals surface area (Å²) in [5.74, 6) is 0.693. The van der Waals surface area contributed by atoms with Crippen LogP contribution in [-0.4, -0.2) is 36.8 Å². The Morgan fingerprint density at radius 3 is 2.62 bits per heavy atom. The smallest absolute Gasteiger partial charge is 0.401 e. The lowest BCUT2D eigenvalue weighted by atomic mass is 10.1. The van der Waals surface area contributed by atoms with Crippen LogP contribution in [0.4, 0.5) is 13.2 Å². The predicted octanol–water partition coefficient (Wildman–Crippen LogP) is 2.65. The molecule has 116 valence electrons. The summed E-state index contributed by atoms with van der Waals surface area (Å²) >= 11 is 0. The van der Waals surface area contributed by atoms with E-state index in [9.17, 15) is 13.2 Å². The summed E-state index contributed by atoms with van der Waals surface area (Å²) in [5.41, 5.74) is 8.17. The van der Waals surface area contributed by atoms with Crippen molar-refractivity contribution < 1.29 is 17.9 Å². The number of fused-ring (bicyclic) bond motifs is 1. The second-order valence-corrected chi connectivity index (χ2v) is 5.88. The Hall–Kier alpha value is -1.27. The van der Waals surface area contributed by atoms with Gasteiger partial charge in [0.15, 0.2) is 0 Å². The van der Waals surface area contributed by atoms with Crippen LogP contribution >= 0.6 is 0 Å². The molecule has 1 aromatic rings. The Kier molecular flexibility index (Phi) is 3.61. The van der Waals surface area contributed by atoms with Crippen molar-refractivity contribution in [3.63, 3.8) is 0 Å². The average Bonchev–Trinajstić information content (AvgIpc) is 3.21. The van der Waals surface area contributed by atoms with Crippen molar-refractivity contribution in [1.29, 1.82) is 0 Å². The molecule has 0 aromatic heterocycles. The molecule has 0 spiro atoms. The number of rotatable bonds is 4. The van der Waals surface area contributed by atoms with Crippen molar-refractivity contribution in [3.8, 4) is 5.75 Å². The zero-order valence-electron chi connectivity index (χ0n) is 11.9. The summed E-state index contributed by atoms with van der Waals surface area (Å²) in [6, 6.07) is 4.95. The van der Waals surface area contributed by atoms with Gasteiger partial charge in [0.25, 0.3) is 0 Å². The third-order valence-corrected chi connectivity index (χ3v) is 4.36. The first-order valence-electron chi connectivity index (χ1n) is 7.14. The van der Waals surface area contributed by atoms with Crippen LogP contribution in [0.1, 0.15) is 30.0 Å². The molecule has 1 aromatic carbocycles. The number of nitrogens with zero attached hydrogens (tertiary/aromatic N) is 1. The van der Waals surface area contributed by atoms with Crippen molar-refractivity contribution in [2.45, 2.75) is 43.6 Å². The van der Waals surface area contributed by atoms with Crippen LogP contribution in [0.25, 0.3) is 0 Å². The third kappa shape index (κ3) is 3.01. The molecule has 2 aliphatic carbocycles. The van der Waals surface area contributed by atoms with E-state index < -0.39 is 18.8 Å². The highest BCUT2D eigenvalue weighted by molar-refractivity contribution is 5.42. The van der Waals surface area contributed by atoms with E-state index >= 15 is 0 Å². The topological polar surface area (TPSA) is 38.5 Å². The van der Waals surface area contributed by atoms with E-state index in [2.05, 4.69) is 0 Å². The van der Waals surface area contributed by atoms with E-state index in [4.69, 9.17) is 10.5 Å². The van der Waals surface area contributed by atoms with E-state index in [-0.39, 0.29) is 12.1 Å². The molecule has 1 saturated carbocycles. The van der Waals surface area contributed by atoms with Crippen LogP contribution in [0.15, 0.2) is 18.2 Å². The van der Waals surface area contributed by atoms with Gasteiger partial charge in [-0.2, -0.15) is 13.2 Å². The number of nitrogens with two attached hydrogens (primary N) is 1. The van der Waals surface area contributed by atoms with Gasteiger partial charge in [0.05, 0.1) is 13.7 Å². The predicted molar refractivity (Wildman–Crippen MR) is 73.2 cm³/mol. The molecule has 1 fully saturated rings. The number of hydrogen-bond acceptors (Lipinski definition) is 3. The molecule has 2 N–H and O–H groups in total. The van der Waals surface area contributed by atoms with Crippen molar-refractivity contribution in [3.05, 3.63) is 29.3 Å². The van der Waals surface area contributed by atoms with Crippen molar-refractivity contribution >= 4 is 0 Å². The maximum atomic E-state index is 12.8. The second kappa shape index (κ2) is 5.18. The van der Waals surface area contributed by atoms with Gasteiger partial charge in [0, 0.05) is 18.1 Å². The molecule has 0 radical (unpaired) electrons. The molecule has 0 heterocycles. The first kappa shape index (κ1) is 14.7. The summed E-state index contributed by atoms with van der Waals surface area (Å²) < 4.78 is 43.6. The van der Waals surface area contributed by atoms with E-state index in [0.29, 0.717) is 12.2 Å². The lowest BCUT2D eigenvalue weighted by molar-refractivity contribution is -0.153. The van der Waals surface area contributed by atoms with Crippen molar-refractivity contribution in [2.24, 2.45) is 5.73 Å². The Bertz CT molecular complexity index is 528. The molecule has 3 nitrogen and oxygen atoms in total. The molecular weight excluding hydrogens is 281 g/mol. The molecule has 2 unspecified atom stereocenters. The van der Waals surface area contributed by atoms with E-state index in [1.165, 1.54) is 0 Å². The van der Waals surface area contributed by atoms with Gasteiger partial charge in [-0.15, -0.1) is 0 Å². The third-order valence-electron chi connectivity index (χ3n) is 4.36. The summed E-state index contributed by atoms with van der Waals surface area (Å²) in [6.07, 6.45) is -1.94. The molecule has 0 saturated heterocycles. The highest BCUT2D eigenvalue weighted by Gasteiger charge is 2.45. The normalized spacial score (nSPS) is 25.2. The Labute approximate surface area is 121 Å². The SMILES string of the molecule is COc1ccc2c(c1)C(N)C(N(CC(F)(F)F)C1CC1)C2. The maximum absolute atomic E-state index is 12.8. The van der Waals surface area contributed by atoms with Gasteiger partial charge in [0.1, 0.15) is 5.75 Å². The van der Waals surface area contributed by atoms with Gasteiger partial charge in [0.2, 0.25) is 0 Å². The molecule has 3 rings (SSSR count). The molecule has 0 bridgehead atoms. The standard InChI is InChI=1S/C15H19F3N2O/c1-21-11-5-2-9-6-13(14(19)12(9)7-11)20(10-3-4-10)8-15(16,17)18/h2,5,7,10,13-14H,3-4,6,8,19H2,1H3. The number of methoxy groups -OCH3 is 1. The fourth-order valence-electron chi connectivity index (χ4n) is 3.21. The zero-order valence-corrected chi connectivity index (χ0v) is 11.9. The first-order chi connectivity index (χ1) is 9.89. The summed E-state index contributed by atoms with van der Waals surface area (Å²) in [5, 5.41) is 0. The second-order valence-electron chi connectivity index (χ2n) is 5.88. The van der Waals surface area contributed by atoms with Gasteiger partial charge < -0.3 is 10.5 Å². The highest BCUT2D eigenvalue weighted by atomic mass is 19.4. The number of hydrogen-bond donors (Lipinski definition) is 1. The van der Waals surface area contributed by atoms with E-state index in [1.807, 2.05) is 18.2 Å². The van der Waals surface area contributed by atoms with Crippen LogP contribution in [0.2, 0.25) is 0 Å². The number of halogens is 3. The Morgan fingerprint density at radius 1 is 1.33 bits per heavy atom.